The Morgan fingerprint density at radius 3 is 2.78 bits per heavy atom. The first-order valence-corrected chi connectivity index (χ1v) is 9.04. The molecule has 138 valence electrons. The number of hydrogen-bond acceptors (Lipinski definition) is 5. The first-order valence-electron chi connectivity index (χ1n) is 9.04. The molecule has 7 nitrogen and oxygen atoms in total. The smallest absolute Gasteiger partial charge is 0.224 e. The zero-order chi connectivity index (χ0) is 18.6. The Hall–Kier alpha value is -3.22. The fourth-order valence-corrected chi connectivity index (χ4v) is 2.96. The lowest BCUT2D eigenvalue weighted by Gasteiger charge is -2.08. The number of methoxy groups -OCH3 is 1. The van der Waals surface area contributed by atoms with Gasteiger partial charge in [-0.15, -0.1) is 5.10 Å². The lowest BCUT2D eigenvalue weighted by Crippen LogP contribution is -2.12. The van der Waals surface area contributed by atoms with Gasteiger partial charge in [0, 0.05) is 17.7 Å². The minimum atomic E-state index is -0.0234. The van der Waals surface area contributed by atoms with Crippen LogP contribution in [0.1, 0.15) is 30.9 Å². The molecule has 4 rings (SSSR count). The molecule has 0 aliphatic heterocycles. The fraction of sp³-hybridized carbons (Fsp3) is 0.300. The molecule has 0 unspecified atom stereocenters. The zero-order valence-corrected chi connectivity index (χ0v) is 15.1. The number of ether oxygens (including phenoxy) is 1. The summed E-state index contributed by atoms with van der Waals surface area (Å²) in [4.78, 5) is 12.3. The first-order chi connectivity index (χ1) is 13.2. The normalized spacial score (nSPS) is 13.4. The van der Waals surface area contributed by atoms with Crippen molar-refractivity contribution in [2.45, 2.75) is 31.7 Å². The van der Waals surface area contributed by atoms with Crippen LogP contribution in [0, 0.1) is 0 Å². The molecule has 1 N–H and O–H groups in total. The van der Waals surface area contributed by atoms with Gasteiger partial charge in [0.05, 0.1) is 13.2 Å². The van der Waals surface area contributed by atoms with Gasteiger partial charge in [0.2, 0.25) is 5.91 Å². The van der Waals surface area contributed by atoms with Crippen molar-refractivity contribution in [3.63, 3.8) is 0 Å². The Morgan fingerprint density at radius 1 is 1.22 bits per heavy atom. The number of carbonyl (C=O) groups excluding carboxylic acids is 1. The number of carbonyl (C=O) groups is 1. The number of tetrazole rings is 1. The molecule has 1 saturated carbocycles. The number of aromatic nitrogens is 4. The van der Waals surface area contributed by atoms with Crippen molar-refractivity contribution in [3.05, 3.63) is 54.1 Å². The Labute approximate surface area is 157 Å². The number of benzene rings is 2. The van der Waals surface area contributed by atoms with E-state index in [4.69, 9.17) is 4.74 Å². The highest BCUT2D eigenvalue weighted by Gasteiger charge is 2.28. The van der Waals surface area contributed by atoms with Crippen molar-refractivity contribution in [1.82, 2.24) is 20.2 Å². The second-order valence-electron chi connectivity index (χ2n) is 6.66. The van der Waals surface area contributed by atoms with Gasteiger partial charge in [-0.1, -0.05) is 24.3 Å². The van der Waals surface area contributed by atoms with Crippen LogP contribution in [0.5, 0.6) is 5.75 Å². The predicted octanol–water partition coefficient (Wildman–Crippen LogP) is 3.25. The largest absolute Gasteiger partial charge is 0.497 e. The van der Waals surface area contributed by atoms with Gasteiger partial charge in [0.15, 0.2) is 5.82 Å². The minimum absolute atomic E-state index is 0.0234. The molecule has 2 aromatic carbocycles. The predicted molar refractivity (Wildman–Crippen MR) is 101 cm³/mol. The molecule has 0 atom stereocenters. The van der Waals surface area contributed by atoms with Crippen LogP contribution in [-0.2, 0) is 11.2 Å². The van der Waals surface area contributed by atoms with E-state index in [0.717, 1.165) is 41.2 Å². The SMILES string of the molecule is COc1ccc(CCC(=O)Nc2cccc(-c3nnnn3C3CC3)c2)cc1. The average molecular weight is 363 g/mol. The Balaban J connectivity index is 1.38. The van der Waals surface area contributed by atoms with Crippen molar-refractivity contribution in [2.75, 3.05) is 12.4 Å². The van der Waals surface area contributed by atoms with Crippen molar-refractivity contribution in [2.24, 2.45) is 0 Å². The minimum Gasteiger partial charge on any atom is -0.497 e. The number of nitrogens with zero attached hydrogens (tertiary/aromatic N) is 4. The highest BCUT2D eigenvalue weighted by Crippen LogP contribution is 2.36. The summed E-state index contributed by atoms with van der Waals surface area (Å²) < 4.78 is 7.01. The third-order valence-electron chi connectivity index (χ3n) is 4.59. The Kier molecular flexibility index (Phi) is 4.82. The third kappa shape index (κ3) is 4.13. The molecular formula is C20H21N5O2. The molecule has 1 aliphatic carbocycles. The van der Waals surface area contributed by atoms with Crippen LogP contribution in [0.3, 0.4) is 0 Å². The number of anilines is 1. The molecule has 1 aliphatic rings. The van der Waals surface area contributed by atoms with Gasteiger partial charge in [-0.25, -0.2) is 4.68 Å². The molecule has 0 saturated heterocycles. The molecule has 1 fully saturated rings. The summed E-state index contributed by atoms with van der Waals surface area (Å²) >= 11 is 0. The molecule has 3 aromatic rings. The van der Waals surface area contributed by atoms with Gasteiger partial charge in [-0.3, -0.25) is 4.79 Å². The van der Waals surface area contributed by atoms with Crippen LogP contribution in [0.2, 0.25) is 0 Å². The zero-order valence-electron chi connectivity index (χ0n) is 15.1. The molecule has 1 aromatic heterocycles. The average Bonchev–Trinajstić information content (AvgIpc) is 3.43. The van der Waals surface area contributed by atoms with Crippen LogP contribution < -0.4 is 10.1 Å². The van der Waals surface area contributed by atoms with Gasteiger partial charge in [0.25, 0.3) is 0 Å². The van der Waals surface area contributed by atoms with Crippen LogP contribution in [0.4, 0.5) is 5.69 Å². The van der Waals surface area contributed by atoms with E-state index < -0.39 is 0 Å². The molecule has 27 heavy (non-hydrogen) atoms. The summed E-state index contributed by atoms with van der Waals surface area (Å²) in [7, 11) is 1.64. The summed E-state index contributed by atoms with van der Waals surface area (Å²) in [6.07, 6.45) is 3.31. The lowest BCUT2D eigenvalue weighted by molar-refractivity contribution is -0.116. The third-order valence-corrected chi connectivity index (χ3v) is 4.59. The molecular weight excluding hydrogens is 342 g/mol. The maximum atomic E-state index is 12.3. The highest BCUT2D eigenvalue weighted by atomic mass is 16.5. The van der Waals surface area contributed by atoms with E-state index in [1.165, 1.54) is 0 Å². The maximum absolute atomic E-state index is 12.3. The van der Waals surface area contributed by atoms with Gasteiger partial charge in [-0.2, -0.15) is 0 Å². The van der Waals surface area contributed by atoms with Crippen LogP contribution in [-0.4, -0.2) is 33.2 Å². The number of amides is 1. The first kappa shape index (κ1) is 17.2. The van der Waals surface area contributed by atoms with E-state index in [1.54, 1.807) is 7.11 Å². The number of rotatable bonds is 7. The van der Waals surface area contributed by atoms with Gasteiger partial charge in [-0.05, 0) is 59.5 Å². The van der Waals surface area contributed by atoms with Gasteiger partial charge < -0.3 is 10.1 Å². The molecule has 0 spiro atoms. The van der Waals surface area contributed by atoms with E-state index in [0.29, 0.717) is 18.9 Å². The van der Waals surface area contributed by atoms with Crippen LogP contribution in [0.15, 0.2) is 48.5 Å². The monoisotopic (exact) mass is 363 g/mol. The van der Waals surface area contributed by atoms with Crippen LogP contribution in [0.25, 0.3) is 11.4 Å². The lowest BCUT2D eigenvalue weighted by atomic mass is 10.1. The van der Waals surface area contributed by atoms with E-state index in [-0.39, 0.29) is 5.91 Å². The molecule has 7 heteroatoms. The summed E-state index contributed by atoms with van der Waals surface area (Å²) in [5.41, 5.74) is 2.75. The van der Waals surface area contributed by atoms with Crippen molar-refractivity contribution < 1.29 is 9.53 Å². The number of hydrogen-bond donors (Lipinski definition) is 1. The second kappa shape index (κ2) is 7.57. The molecule has 0 radical (unpaired) electrons. The number of nitrogens with one attached hydrogen (secondary N) is 1. The van der Waals surface area contributed by atoms with Crippen molar-refractivity contribution >= 4 is 11.6 Å². The summed E-state index contributed by atoms with van der Waals surface area (Å²) in [6, 6.07) is 15.8. The van der Waals surface area contributed by atoms with E-state index in [9.17, 15) is 4.79 Å². The Bertz CT molecular complexity index is 932. The van der Waals surface area contributed by atoms with Gasteiger partial charge in [0.1, 0.15) is 5.75 Å². The summed E-state index contributed by atoms with van der Waals surface area (Å²) in [6.45, 7) is 0. The second-order valence-corrected chi connectivity index (χ2v) is 6.66. The Morgan fingerprint density at radius 2 is 2.04 bits per heavy atom. The van der Waals surface area contributed by atoms with Crippen molar-refractivity contribution in [1.29, 1.82) is 0 Å². The quantitative estimate of drug-likeness (QED) is 0.697. The topological polar surface area (TPSA) is 81.9 Å². The highest BCUT2D eigenvalue weighted by molar-refractivity contribution is 5.91. The van der Waals surface area contributed by atoms with E-state index in [1.807, 2.05) is 53.2 Å². The maximum Gasteiger partial charge on any atom is 0.224 e. The van der Waals surface area contributed by atoms with E-state index >= 15 is 0 Å². The van der Waals surface area contributed by atoms with E-state index in [2.05, 4.69) is 20.8 Å². The standard InChI is InChI=1S/C20H21N5O2/c1-27-18-10-5-14(6-11-18)7-12-19(26)21-16-4-2-3-15(13-16)20-22-23-24-25(20)17-8-9-17/h2-6,10-11,13,17H,7-9,12H2,1H3,(H,21,26). The summed E-state index contributed by atoms with van der Waals surface area (Å²) in [5.74, 6) is 1.53. The fourth-order valence-electron chi connectivity index (χ4n) is 2.96. The molecule has 0 bridgehead atoms. The molecule has 1 heterocycles. The van der Waals surface area contributed by atoms with Crippen molar-refractivity contribution in [3.8, 4) is 17.1 Å². The summed E-state index contributed by atoms with van der Waals surface area (Å²) in [5, 5.41) is 15.0. The van der Waals surface area contributed by atoms with Gasteiger partial charge >= 0.3 is 0 Å². The number of aryl methyl sites for hydroxylation is 1. The molecule has 1 amide bonds. The van der Waals surface area contributed by atoms with Crippen LogP contribution >= 0.6 is 0 Å².